The number of aromatic nitrogens is 3. The van der Waals surface area contributed by atoms with Crippen molar-refractivity contribution in [2.75, 3.05) is 23.8 Å². The van der Waals surface area contributed by atoms with Gasteiger partial charge in [-0.2, -0.15) is 0 Å². The fraction of sp³-hybridized carbons (Fsp3) is 0.727. The van der Waals surface area contributed by atoms with E-state index in [9.17, 15) is 13.2 Å². The number of hydrogen-bond acceptors (Lipinski definition) is 6. The van der Waals surface area contributed by atoms with Crippen LogP contribution in [-0.4, -0.2) is 63.8 Å². The summed E-state index contributed by atoms with van der Waals surface area (Å²) in [5.41, 5.74) is 0. The van der Waals surface area contributed by atoms with E-state index in [0.717, 1.165) is 0 Å². The van der Waals surface area contributed by atoms with Gasteiger partial charge < -0.3 is 9.47 Å². The van der Waals surface area contributed by atoms with Crippen molar-refractivity contribution in [2.24, 2.45) is 7.05 Å². The number of hydrogen-bond donors (Lipinski definition) is 0. The molecule has 1 aliphatic rings. The lowest BCUT2D eigenvalue weighted by molar-refractivity contribution is -0.129. The molecule has 1 fully saturated rings. The second-order valence-corrected chi connectivity index (χ2v) is 7.92. The van der Waals surface area contributed by atoms with Gasteiger partial charge in [0.25, 0.3) is 0 Å². The Labute approximate surface area is 122 Å². The molecule has 0 saturated carbocycles. The van der Waals surface area contributed by atoms with Crippen LogP contribution in [0.15, 0.2) is 11.5 Å². The first-order valence-electron chi connectivity index (χ1n) is 6.39. The van der Waals surface area contributed by atoms with Crippen molar-refractivity contribution in [3.05, 3.63) is 6.33 Å². The number of aryl methyl sites for hydroxylation is 1. The molecule has 1 saturated heterocycles. The number of thioether (sulfide) groups is 1. The minimum absolute atomic E-state index is 0.0531. The monoisotopic (exact) mass is 318 g/mol. The molecule has 0 unspecified atom stereocenters. The molecule has 1 aromatic rings. The number of rotatable bonds is 5. The zero-order valence-electron chi connectivity index (χ0n) is 11.5. The Bertz CT molecular complexity index is 584. The number of nitrogens with zero attached hydrogens (tertiary/aromatic N) is 4. The van der Waals surface area contributed by atoms with Crippen molar-refractivity contribution in [1.82, 2.24) is 19.7 Å². The van der Waals surface area contributed by atoms with Crippen LogP contribution in [0.5, 0.6) is 0 Å². The van der Waals surface area contributed by atoms with Gasteiger partial charge in [0.05, 0.1) is 17.3 Å². The Balaban J connectivity index is 1.94. The van der Waals surface area contributed by atoms with E-state index < -0.39 is 9.84 Å². The van der Waals surface area contributed by atoms with Crippen molar-refractivity contribution in [3.8, 4) is 0 Å². The van der Waals surface area contributed by atoms with E-state index in [-0.39, 0.29) is 29.2 Å². The van der Waals surface area contributed by atoms with Crippen LogP contribution in [0.4, 0.5) is 0 Å². The number of sulfone groups is 1. The number of amides is 1. The summed E-state index contributed by atoms with van der Waals surface area (Å²) in [6.45, 7) is 2.40. The average Bonchev–Trinajstić information content (AvgIpc) is 2.94. The SMILES string of the molecule is CCN(C(=O)CSc1nncn1C)[C@@H]1CCS(=O)(=O)C1. The van der Waals surface area contributed by atoms with E-state index in [1.807, 2.05) is 14.0 Å². The minimum atomic E-state index is -2.98. The smallest absolute Gasteiger partial charge is 0.233 e. The Kier molecular flexibility index (Phi) is 4.69. The van der Waals surface area contributed by atoms with E-state index in [0.29, 0.717) is 18.1 Å². The zero-order chi connectivity index (χ0) is 14.8. The highest BCUT2D eigenvalue weighted by molar-refractivity contribution is 7.99. The molecule has 20 heavy (non-hydrogen) atoms. The summed E-state index contributed by atoms with van der Waals surface area (Å²) >= 11 is 1.31. The predicted molar refractivity (Wildman–Crippen MR) is 76.2 cm³/mol. The van der Waals surface area contributed by atoms with Crippen molar-refractivity contribution in [1.29, 1.82) is 0 Å². The van der Waals surface area contributed by atoms with Crippen LogP contribution >= 0.6 is 11.8 Å². The third-order valence-electron chi connectivity index (χ3n) is 3.30. The van der Waals surface area contributed by atoms with E-state index in [1.165, 1.54) is 11.8 Å². The second kappa shape index (κ2) is 6.13. The second-order valence-electron chi connectivity index (χ2n) is 4.75. The highest BCUT2D eigenvalue weighted by atomic mass is 32.2. The van der Waals surface area contributed by atoms with Crippen molar-refractivity contribution < 1.29 is 13.2 Å². The Morgan fingerprint density at radius 3 is 2.85 bits per heavy atom. The molecule has 1 aromatic heterocycles. The molecule has 0 aromatic carbocycles. The maximum atomic E-state index is 12.2. The molecule has 2 heterocycles. The summed E-state index contributed by atoms with van der Waals surface area (Å²) < 4.78 is 24.8. The van der Waals surface area contributed by atoms with Gasteiger partial charge in [-0.1, -0.05) is 11.8 Å². The summed E-state index contributed by atoms with van der Waals surface area (Å²) in [6, 6.07) is -0.183. The zero-order valence-corrected chi connectivity index (χ0v) is 13.2. The van der Waals surface area contributed by atoms with Crippen LogP contribution in [0.1, 0.15) is 13.3 Å². The van der Waals surface area contributed by atoms with E-state index in [2.05, 4.69) is 10.2 Å². The highest BCUT2D eigenvalue weighted by Gasteiger charge is 2.33. The van der Waals surface area contributed by atoms with Crippen LogP contribution in [0.25, 0.3) is 0 Å². The largest absolute Gasteiger partial charge is 0.338 e. The molecule has 1 amide bonds. The molecule has 112 valence electrons. The molecule has 2 rings (SSSR count). The summed E-state index contributed by atoms with van der Waals surface area (Å²) in [4.78, 5) is 13.9. The minimum Gasteiger partial charge on any atom is -0.338 e. The number of carbonyl (C=O) groups excluding carboxylic acids is 1. The van der Waals surface area contributed by atoms with E-state index in [4.69, 9.17) is 0 Å². The molecule has 0 aliphatic carbocycles. The van der Waals surface area contributed by atoms with Gasteiger partial charge >= 0.3 is 0 Å². The molecule has 7 nitrogen and oxygen atoms in total. The molecule has 9 heteroatoms. The predicted octanol–water partition coefficient (Wildman–Crippen LogP) is -0.0572. The first-order valence-corrected chi connectivity index (χ1v) is 9.20. The van der Waals surface area contributed by atoms with Gasteiger partial charge in [-0.05, 0) is 13.3 Å². The van der Waals surface area contributed by atoms with Gasteiger partial charge in [0.15, 0.2) is 15.0 Å². The van der Waals surface area contributed by atoms with E-state index in [1.54, 1.807) is 15.8 Å². The quantitative estimate of drug-likeness (QED) is 0.707. The normalized spacial score (nSPS) is 21.0. The van der Waals surface area contributed by atoms with Gasteiger partial charge in [-0.25, -0.2) is 8.42 Å². The van der Waals surface area contributed by atoms with Gasteiger partial charge in [-0.3, -0.25) is 4.79 Å². The summed E-state index contributed by atoms with van der Waals surface area (Å²) in [5, 5.41) is 8.33. The van der Waals surface area contributed by atoms with Crippen LogP contribution < -0.4 is 0 Å². The molecular formula is C11H18N4O3S2. The summed E-state index contributed by atoms with van der Waals surface area (Å²) in [5.74, 6) is 0.457. The third kappa shape index (κ3) is 3.51. The summed E-state index contributed by atoms with van der Waals surface area (Å²) in [7, 11) is -1.16. The fourth-order valence-corrected chi connectivity index (χ4v) is 4.78. The van der Waals surface area contributed by atoms with Crippen molar-refractivity contribution in [3.63, 3.8) is 0 Å². The van der Waals surface area contributed by atoms with E-state index >= 15 is 0 Å². The van der Waals surface area contributed by atoms with Crippen LogP contribution in [0.2, 0.25) is 0 Å². The van der Waals surface area contributed by atoms with Gasteiger partial charge in [0.1, 0.15) is 6.33 Å². The lowest BCUT2D eigenvalue weighted by Gasteiger charge is -2.26. The van der Waals surface area contributed by atoms with Crippen LogP contribution in [0.3, 0.4) is 0 Å². The molecule has 1 atom stereocenters. The lowest BCUT2D eigenvalue weighted by atomic mass is 10.2. The molecule has 1 aliphatic heterocycles. The van der Waals surface area contributed by atoms with Gasteiger partial charge in [0.2, 0.25) is 5.91 Å². The molecule has 0 spiro atoms. The lowest BCUT2D eigenvalue weighted by Crippen LogP contribution is -2.42. The first-order chi connectivity index (χ1) is 9.43. The van der Waals surface area contributed by atoms with Crippen molar-refractivity contribution in [2.45, 2.75) is 24.5 Å². The molecular weight excluding hydrogens is 300 g/mol. The summed E-state index contributed by atoms with van der Waals surface area (Å²) in [6.07, 6.45) is 2.12. The topological polar surface area (TPSA) is 85.2 Å². The fourth-order valence-electron chi connectivity index (χ4n) is 2.27. The Morgan fingerprint density at radius 2 is 2.35 bits per heavy atom. The van der Waals surface area contributed by atoms with Gasteiger partial charge in [0, 0.05) is 19.6 Å². The Hall–Kier alpha value is -1.09. The van der Waals surface area contributed by atoms with Crippen LogP contribution in [0, 0.1) is 0 Å². The maximum absolute atomic E-state index is 12.2. The highest BCUT2D eigenvalue weighted by Crippen LogP contribution is 2.20. The maximum Gasteiger partial charge on any atom is 0.233 e. The average molecular weight is 318 g/mol. The third-order valence-corrected chi connectivity index (χ3v) is 6.07. The molecule has 0 N–H and O–H groups in total. The Morgan fingerprint density at radius 1 is 1.60 bits per heavy atom. The first kappa shape index (κ1) is 15.3. The molecule has 0 radical (unpaired) electrons. The standard InChI is InChI=1S/C11H18N4O3S2/c1-3-15(9-4-5-20(17,18)7-9)10(16)6-19-11-13-12-8-14(11)2/h8-9H,3-7H2,1-2H3/t9-/m1/s1. The number of carbonyl (C=O) groups is 1. The molecule has 0 bridgehead atoms. The van der Waals surface area contributed by atoms with Crippen molar-refractivity contribution >= 4 is 27.5 Å². The van der Waals surface area contributed by atoms with Gasteiger partial charge in [-0.15, -0.1) is 10.2 Å². The van der Waals surface area contributed by atoms with Crippen LogP contribution in [-0.2, 0) is 21.7 Å².